The van der Waals surface area contributed by atoms with Gasteiger partial charge >= 0.3 is 0 Å². The molecule has 1 saturated heterocycles. The van der Waals surface area contributed by atoms with Crippen LogP contribution in [-0.4, -0.2) is 16.6 Å². The van der Waals surface area contributed by atoms with Crippen molar-refractivity contribution in [3.8, 4) is 0 Å². The quantitative estimate of drug-likeness (QED) is 0.848. The van der Waals surface area contributed by atoms with Gasteiger partial charge in [0.25, 0.3) is 0 Å². The SMILES string of the molecule is Cc1ccc([C@@H]2SCC(=O)N2c2ncc(C)s2)cc1. The molecule has 1 aromatic heterocycles. The molecule has 0 saturated carbocycles. The molecule has 0 N–H and O–H groups in total. The Labute approximate surface area is 120 Å². The van der Waals surface area contributed by atoms with E-state index in [9.17, 15) is 4.79 Å². The maximum atomic E-state index is 12.1. The Balaban J connectivity index is 1.96. The molecular formula is C14H14N2OS2. The summed E-state index contributed by atoms with van der Waals surface area (Å²) in [7, 11) is 0. The lowest BCUT2D eigenvalue weighted by Gasteiger charge is -2.21. The van der Waals surface area contributed by atoms with Crippen molar-refractivity contribution in [3.63, 3.8) is 0 Å². The highest BCUT2D eigenvalue weighted by Crippen LogP contribution is 2.42. The van der Waals surface area contributed by atoms with Crippen LogP contribution in [0.15, 0.2) is 30.5 Å². The molecule has 1 aromatic carbocycles. The second-order valence-electron chi connectivity index (χ2n) is 4.59. The van der Waals surface area contributed by atoms with Crippen molar-refractivity contribution in [3.05, 3.63) is 46.5 Å². The number of nitrogens with zero attached hydrogens (tertiary/aromatic N) is 2. The normalized spacial score (nSPS) is 19.2. The van der Waals surface area contributed by atoms with Crippen molar-refractivity contribution in [1.29, 1.82) is 0 Å². The Morgan fingerprint density at radius 1 is 1.26 bits per heavy atom. The summed E-state index contributed by atoms with van der Waals surface area (Å²) >= 11 is 3.24. The number of aromatic nitrogens is 1. The molecule has 2 heterocycles. The zero-order valence-corrected chi connectivity index (χ0v) is 12.4. The van der Waals surface area contributed by atoms with E-state index in [0.717, 1.165) is 15.6 Å². The average Bonchev–Trinajstić information content (AvgIpc) is 2.96. The van der Waals surface area contributed by atoms with Gasteiger partial charge in [0, 0.05) is 11.1 Å². The van der Waals surface area contributed by atoms with E-state index >= 15 is 0 Å². The minimum atomic E-state index is 0.0543. The highest BCUT2D eigenvalue weighted by molar-refractivity contribution is 8.00. The van der Waals surface area contributed by atoms with E-state index in [1.54, 1.807) is 23.1 Å². The lowest BCUT2D eigenvalue weighted by molar-refractivity contribution is -0.115. The fourth-order valence-corrected chi connectivity index (χ4v) is 4.09. The van der Waals surface area contributed by atoms with Crippen molar-refractivity contribution in [2.24, 2.45) is 0 Å². The van der Waals surface area contributed by atoms with E-state index in [4.69, 9.17) is 0 Å². The van der Waals surface area contributed by atoms with Crippen LogP contribution in [0.5, 0.6) is 0 Å². The monoisotopic (exact) mass is 290 g/mol. The number of hydrogen-bond donors (Lipinski definition) is 0. The first kappa shape index (κ1) is 12.7. The molecule has 98 valence electrons. The van der Waals surface area contributed by atoms with Gasteiger partial charge in [-0.3, -0.25) is 9.69 Å². The fraction of sp³-hybridized carbons (Fsp3) is 0.286. The van der Waals surface area contributed by atoms with Crippen LogP contribution < -0.4 is 4.90 Å². The number of hydrogen-bond acceptors (Lipinski definition) is 4. The largest absolute Gasteiger partial charge is 0.273 e. The third-order valence-electron chi connectivity index (χ3n) is 3.05. The molecule has 0 radical (unpaired) electrons. The Bertz CT molecular complexity index is 606. The Kier molecular flexibility index (Phi) is 3.33. The summed E-state index contributed by atoms with van der Waals surface area (Å²) in [6.07, 6.45) is 1.82. The van der Waals surface area contributed by atoms with Gasteiger partial charge in [-0.2, -0.15) is 0 Å². The van der Waals surface area contributed by atoms with Gasteiger partial charge in [-0.1, -0.05) is 29.8 Å². The number of carbonyl (C=O) groups excluding carboxylic acids is 1. The molecule has 19 heavy (non-hydrogen) atoms. The number of benzene rings is 1. The van der Waals surface area contributed by atoms with Gasteiger partial charge in [0.2, 0.25) is 5.91 Å². The van der Waals surface area contributed by atoms with E-state index in [1.165, 1.54) is 5.56 Å². The van der Waals surface area contributed by atoms with Crippen LogP contribution in [0.3, 0.4) is 0 Å². The van der Waals surface area contributed by atoms with Crippen LogP contribution in [0.2, 0.25) is 0 Å². The topological polar surface area (TPSA) is 33.2 Å². The molecular weight excluding hydrogens is 276 g/mol. The van der Waals surface area contributed by atoms with Gasteiger partial charge < -0.3 is 0 Å². The van der Waals surface area contributed by atoms with Crippen molar-refractivity contribution < 1.29 is 4.79 Å². The molecule has 1 atom stereocenters. The van der Waals surface area contributed by atoms with Crippen molar-refractivity contribution in [1.82, 2.24) is 4.98 Å². The Hall–Kier alpha value is -1.33. The second-order valence-corrected chi connectivity index (χ2v) is 6.87. The average molecular weight is 290 g/mol. The maximum Gasteiger partial charge on any atom is 0.240 e. The van der Waals surface area contributed by atoms with Gasteiger partial charge in [0.1, 0.15) is 5.37 Å². The number of thioether (sulfide) groups is 1. The van der Waals surface area contributed by atoms with Gasteiger partial charge in [-0.15, -0.1) is 23.1 Å². The molecule has 0 spiro atoms. The van der Waals surface area contributed by atoms with Crippen LogP contribution in [0, 0.1) is 13.8 Å². The number of anilines is 1. The molecule has 3 rings (SSSR count). The zero-order chi connectivity index (χ0) is 13.4. The summed E-state index contributed by atoms with van der Waals surface area (Å²) in [5, 5.41) is 0.858. The fourth-order valence-electron chi connectivity index (χ4n) is 2.06. The first-order valence-corrected chi connectivity index (χ1v) is 7.94. The maximum absolute atomic E-state index is 12.1. The van der Waals surface area contributed by atoms with Gasteiger partial charge in [0.15, 0.2) is 5.13 Å². The van der Waals surface area contributed by atoms with Crippen LogP contribution in [-0.2, 0) is 4.79 Å². The van der Waals surface area contributed by atoms with E-state index in [-0.39, 0.29) is 11.3 Å². The number of rotatable bonds is 2. The summed E-state index contributed by atoms with van der Waals surface area (Å²) in [4.78, 5) is 19.4. The third-order valence-corrected chi connectivity index (χ3v) is 5.17. The van der Waals surface area contributed by atoms with Crippen molar-refractivity contribution in [2.75, 3.05) is 10.7 Å². The predicted octanol–water partition coefficient (Wildman–Crippen LogP) is 3.54. The first-order valence-electron chi connectivity index (χ1n) is 6.08. The van der Waals surface area contributed by atoms with Crippen molar-refractivity contribution >= 4 is 34.1 Å². The molecule has 0 unspecified atom stereocenters. The number of carbonyl (C=O) groups is 1. The first-order chi connectivity index (χ1) is 9.15. The van der Waals surface area contributed by atoms with Crippen LogP contribution >= 0.6 is 23.1 Å². The van der Waals surface area contributed by atoms with Crippen LogP contribution in [0.1, 0.15) is 21.4 Å². The molecule has 1 aliphatic rings. The molecule has 2 aromatic rings. The summed E-state index contributed by atoms with van der Waals surface area (Å²) in [6.45, 7) is 4.08. The molecule has 5 heteroatoms. The lowest BCUT2D eigenvalue weighted by Crippen LogP contribution is -2.27. The molecule has 1 fully saturated rings. The van der Waals surface area contributed by atoms with E-state index in [2.05, 4.69) is 36.2 Å². The predicted molar refractivity (Wildman–Crippen MR) is 80.7 cm³/mol. The van der Waals surface area contributed by atoms with Crippen LogP contribution in [0.4, 0.5) is 5.13 Å². The molecule has 0 aliphatic carbocycles. The minimum Gasteiger partial charge on any atom is -0.273 e. The van der Waals surface area contributed by atoms with Gasteiger partial charge in [0.05, 0.1) is 5.75 Å². The van der Waals surface area contributed by atoms with Crippen molar-refractivity contribution in [2.45, 2.75) is 19.2 Å². The Morgan fingerprint density at radius 2 is 2.00 bits per heavy atom. The molecule has 3 nitrogen and oxygen atoms in total. The molecule has 1 aliphatic heterocycles. The summed E-state index contributed by atoms with van der Waals surface area (Å²) in [6, 6.07) is 8.37. The number of thiazole rings is 1. The summed E-state index contributed by atoms with van der Waals surface area (Å²) < 4.78 is 0. The van der Waals surface area contributed by atoms with Gasteiger partial charge in [-0.05, 0) is 19.4 Å². The third kappa shape index (κ3) is 2.40. The zero-order valence-electron chi connectivity index (χ0n) is 10.8. The number of aryl methyl sites for hydroxylation is 2. The Morgan fingerprint density at radius 3 is 2.63 bits per heavy atom. The van der Waals surface area contributed by atoms with Crippen LogP contribution in [0.25, 0.3) is 0 Å². The highest BCUT2D eigenvalue weighted by atomic mass is 32.2. The van der Waals surface area contributed by atoms with E-state index in [1.807, 2.05) is 18.0 Å². The summed E-state index contributed by atoms with van der Waals surface area (Å²) in [5.41, 5.74) is 2.39. The molecule has 1 amide bonds. The smallest absolute Gasteiger partial charge is 0.240 e. The summed E-state index contributed by atoms with van der Waals surface area (Å²) in [5.74, 6) is 0.668. The van der Waals surface area contributed by atoms with E-state index in [0.29, 0.717) is 5.75 Å². The standard InChI is InChI=1S/C14H14N2OS2/c1-9-3-5-11(6-4-9)13-16(12(17)8-18-13)14-15-7-10(2)19-14/h3-7,13H,8H2,1-2H3/t13-/m0/s1. The highest BCUT2D eigenvalue weighted by Gasteiger charge is 2.35. The number of amides is 1. The second kappa shape index (κ2) is 4.98. The van der Waals surface area contributed by atoms with Gasteiger partial charge in [-0.25, -0.2) is 4.98 Å². The molecule has 0 bridgehead atoms. The lowest BCUT2D eigenvalue weighted by atomic mass is 10.1. The van der Waals surface area contributed by atoms with E-state index < -0.39 is 0 Å². The minimum absolute atomic E-state index is 0.0543.